The van der Waals surface area contributed by atoms with Crippen LogP contribution in [0.25, 0.3) is 54.6 Å². The molecule has 0 aliphatic carbocycles. The summed E-state index contributed by atoms with van der Waals surface area (Å²) in [4.78, 5) is 0. The number of aryl methyl sites for hydroxylation is 2. The van der Waals surface area contributed by atoms with E-state index in [1.807, 2.05) is 43.3 Å². The molecule has 11 heteroatoms. The molecule has 0 fully saturated rings. The molecule has 8 aromatic carbocycles. The van der Waals surface area contributed by atoms with Crippen molar-refractivity contribution in [2.75, 3.05) is 0 Å². The molecule has 55 heavy (non-hydrogen) atoms. The van der Waals surface area contributed by atoms with E-state index in [1.165, 1.54) is 60.1 Å². The van der Waals surface area contributed by atoms with Crippen molar-refractivity contribution in [2.45, 2.75) is 13.8 Å². The van der Waals surface area contributed by atoms with Crippen LogP contribution in [0, 0.1) is 19.9 Å². The summed E-state index contributed by atoms with van der Waals surface area (Å²) in [5.41, 5.74) is 7.51. The third-order valence-corrected chi connectivity index (χ3v) is 8.77. The van der Waals surface area contributed by atoms with Gasteiger partial charge in [-0.15, -0.1) is 82.8 Å². The summed E-state index contributed by atoms with van der Waals surface area (Å²) in [6.07, 6.45) is 0. The molecule has 0 radical (unpaired) electrons. The van der Waals surface area contributed by atoms with Gasteiger partial charge in [0.1, 0.15) is 0 Å². The Morgan fingerprint density at radius 2 is 1.05 bits per heavy atom. The van der Waals surface area contributed by atoms with Crippen LogP contribution in [-0.4, -0.2) is 25.3 Å². The van der Waals surface area contributed by atoms with Crippen LogP contribution in [0.1, 0.15) is 11.1 Å². The Bertz CT molecular complexity index is 2320. The first-order valence-electron chi connectivity index (χ1n) is 17.0. The standard InChI is InChI=1S/C27H20.C10H7.C7H6Cl2.3BrH.Mg.Ni.2H4P2.H/c1-19-16-17-22(25-14-6-10-20-8-2-4-12-23(20)25)18-27(19)26-15-7-11-21-9-3-5-13-24(21)26;1-2-6-10-8-4-3-7-9(10)5-1;1-5-2-3-6(8)4-7(5)9;;;;;;2*1-2;/h2-18H,1H3;1-7H;2-4H,1H3;3*1H;;;2*1-2H2;/q;-1;;;;;2*+2;;;/p-3/i;;;;;;;;1T;;1+2. The molecule has 4 unspecified atom stereocenters. The van der Waals surface area contributed by atoms with Crippen LogP contribution in [0.2, 0.25) is 10.0 Å². The van der Waals surface area contributed by atoms with Gasteiger partial charge in [-0.25, -0.2) is 0 Å². The maximum atomic E-state index is 6.46. The van der Waals surface area contributed by atoms with Crippen molar-refractivity contribution in [2.24, 2.45) is 0 Å². The van der Waals surface area contributed by atoms with E-state index in [0.29, 0.717) is 5.02 Å². The Kier molecular flexibility index (Phi) is 26.4. The Balaban J connectivity index is 0.000000447. The van der Waals surface area contributed by atoms with Crippen LogP contribution in [0.5, 0.6) is 0 Å². The SMILES string of the molecule is Cc1ccc(-c2cccc3ccccc23)cc1-c1cccc2ccccc12.Cc1ccc(Cl)cc1Cl.PP.[3H]PP.[3H][Ni]([Br])[Br].[Br-].[Mg+2].[c-]1cccc2ccccc12. The molecule has 0 amide bonds. The van der Waals surface area contributed by atoms with Crippen LogP contribution >= 0.6 is 87.3 Å². The van der Waals surface area contributed by atoms with Gasteiger partial charge in [-0.2, -0.15) is 0 Å². The molecule has 4 atom stereocenters. The molecule has 0 N–H and O–H groups in total. The van der Waals surface area contributed by atoms with E-state index in [9.17, 15) is 0 Å². The van der Waals surface area contributed by atoms with Gasteiger partial charge >= 0.3 is 63.3 Å². The zero-order valence-corrected chi connectivity index (χ0v) is 43.4. The number of hydrogen-bond donors (Lipinski definition) is 0. The van der Waals surface area contributed by atoms with Crippen molar-refractivity contribution in [3.05, 3.63) is 191 Å². The van der Waals surface area contributed by atoms with Crippen LogP contribution in [-0.2, 0) is 10.8 Å². The van der Waals surface area contributed by atoms with Gasteiger partial charge < -0.3 is 17.0 Å². The average Bonchev–Trinajstić information content (AvgIpc) is 3.21. The predicted octanol–water partition coefficient (Wildman–Crippen LogP) is 12.9. The van der Waals surface area contributed by atoms with E-state index in [-0.39, 0.29) is 48.9 Å². The number of fused-ring (bicyclic) bond motifs is 3. The molecule has 0 aliphatic heterocycles. The fraction of sp³-hybridized carbons (Fsp3) is 0.0455. The molecule has 0 spiro atoms. The minimum absolute atomic E-state index is 0. The maximum Gasteiger partial charge on any atom is 2.00 e. The molecular formula is C44H42Br3Cl2MgNiP4. The van der Waals surface area contributed by atoms with Crippen molar-refractivity contribution in [3.8, 4) is 22.3 Å². The molecule has 0 bridgehead atoms. The fourth-order valence-corrected chi connectivity index (χ4v) is 6.06. The summed E-state index contributed by atoms with van der Waals surface area (Å²) < 4.78 is 12.7. The summed E-state index contributed by atoms with van der Waals surface area (Å²) in [5.74, 6) is 0. The molecule has 285 valence electrons. The second-order valence-electron chi connectivity index (χ2n) is 11.3. The van der Waals surface area contributed by atoms with Crippen LogP contribution in [0.15, 0.2) is 164 Å². The molecule has 0 saturated carbocycles. The zero-order chi connectivity index (χ0) is 40.2. The fourth-order valence-electron chi connectivity index (χ4n) is 5.65. The second kappa shape index (κ2) is 29.7. The normalized spacial score (nSPS) is 10.4. The molecule has 0 heterocycles. The maximum absolute atomic E-state index is 6.46. The van der Waals surface area contributed by atoms with E-state index in [4.69, 9.17) is 25.5 Å². The van der Waals surface area contributed by atoms with Gasteiger partial charge in [0.25, 0.3) is 0 Å². The molecule has 0 aromatic heterocycles. The first kappa shape index (κ1) is 48.9. The zero-order valence-electron chi connectivity index (χ0n) is 32.2. The summed E-state index contributed by atoms with van der Waals surface area (Å²) in [5, 5.41) is 9.02. The smallest absolute Gasteiger partial charge is 1.00 e. The second-order valence-corrected chi connectivity index (χ2v) is 17.1. The molecule has 0 aliphatic rings. The number of hydrogen-bond acceptors (Lipinski definition) is 0. The van der Waals surface area contributed by atoms with Gasteiger partial charge in [0.15, 0.2) is 0 Å². The minimum atomic E-state index is -0.583. The Hall–Kier alpha value is -0.460. The van der Waals surface area contributed by atoms with Crippen LogP contribution < -0.4 is 17.0 Å². The monoisotopic (exact) mass is 1090 g/mol. The Morgan fingerprint density at radius 1 is 0.582 bits per heavy atom. The third-order valence-electron chi connectivity index (χ3n) is 8.12. The Labute approximate surface area is 395 Å². The molecule has 8 aromatic rings. The van der Waals surface area contributed by atoms with E-state index in [0.717, 1.165) is 10.6 Å². The van der Waals surface area contributed by atoms with E-state index in [1.54, 1.807) is 6.07 Å². The molecule has 0 nitrogen and oxygen atoms in total. The first-order chi connectivity index (χ1) is 26.6. The first-order valence-corrected chi connectivity index (χ1v) is 26.8. The average molecular weight is 1090 g/mol. The molecule has 0 saturated heterocycles. The van der Waals surface area contributed by atoms with Gasteiger partial charge in [0, 0.05) is 10.0 Å². The van der Waals surface area contributed by atoms with E-state index >= 15 is 0 Å². The van der Waals surface area contributed by atoms with Gasteiger partial charge in [-0.1, -0.05) is 138 Å². The van der Waals surface area contributed by atoms with E-state index in [2.05, 4.69) is 190 Å². The summed E-state index contributed by atoms with van der Waals surface area (Å²) >= 11 is 17.2. The van der Waals surface area contributed by atoms with E-state index < -0.39 is 10.8 Å². The number of halogens is 5. The molecular weight excluding hydrogens is 1050 g/mol. The summed E-state index contributed by atoms with van der Waals surface area (Å²) in [6.45, 7) is 4.14. The minimum Gasteiger partial charge on any atom is -1.00 e. The van der Waals surface area contributed by atoms with Crippen LogP contribution in [0.3, 0.4) is 0 Å². The number of benzene rings is 8. The third kappa shape index (κ3) is 16.3. The number of rotatable bonds is 2. The van der Waals surface area contributed by atoms with Crippen molar-refractivity contribution in [3.63, 3.8) is 0 Å². The van der Waals surface area contributed by atoms with Gasteiger partial charge in [0.05, 0.1) is 1.28 Å². The summed E-state index contributed by atoms with van der Waals surface area (Å²) in [7, 11) is 6.61. The quantitative estimate of drug-likeness (QED) is 0.0919. The Morgan fingerprint density at radius 3 is 1.62 bits per heavy atom. The van der Waals surface area contributed by atoms with Crippen molar-refractivity contribution >= 4 is 143 Å². The van der Waals surface area contributed by atoms with Crippen molar-refractivity contribution in [1.82, 2.24) is 0 Å². The van der Waals surface area contributed by atoms with Gasteiger partial charge in [0.2, 0.25) is 0 Å². The molecule has 8 rings (SSSR count). The van der Waals surface area contributed by atoms with Crippen LogP contribution in [0.4, 0.5) is 0 Å². The summed E-state index contributed by atoms with van der Waals surface area (Å²) in [6, 6.07) is 60.0. The van der Waals surface area contributed by atoms with Crippen molar-refractivity contribution in [1.29, 1.82) is 2.26 Å². The van der Waals surface area contributed by atoms with Gasteiger partial charge in [-0.3, -0.25) is 0 Å². The predicted molar refractivity (Wildman–Crippen MR) is 265 cm³/mol. The largest absolute Gasteiger partial charge is 2.00 e. The van der Waals surface area contributed by atoms with Gasteiger partial charge in [-0.05, 0) is 87.0 Å². The van der Waals surface area contributed by atoms with Crippen molar-refractivity contribution < 1.29 is 27.8 Å². The topological polar surface area (TPSA) is 0 Å².